The van der Waals surface area contributed by atoms with Crippen LogP contribution in [0.15, 0.2) is 54.9 Å². The Hall–Kier alpha value is -4.48. The average Bonchev–Trinajstić information content (AvgIpc) is 3.44. The highest BCUT2D eigenvalue weighted by Gasteiger charge is 2.30. The van der Waals surface area contributed by atoms with E-state index in [1.54, 1.807) is 24.3 Å². The van der Waals surface area contributed by atoms with Crippen LogP contribution in [0.25, 0.3) is 0 Å². The lowest BCUT2D eigenvalue weighted by atomic mass is 10.0. The number of urea groups is 1. The highest BCUT2D eigenvalue weighted by atomic mass is 19.4. The molecule has 0 bridgehead atoms. The summed E-state index contributed by atoms with van der Waals surface area (Å²) in [6.45, 7) is 3.86. The Balaban J connectivity index is 1.50. The van der Waals surface area contributed by atoms with E-state index in [0.29, 0.717) is 22.6 Å². The van der Waals surface area contributed by atoms with Crippen LogP contribution in [0.4, 0.5) is 41.0 Å². The van der Waals surface area contributed by atoms with E-state index in [9.17, 15) is 22.8 Å². The van der Waals surface area contributed by atoms with E-state index in [1.165, 1.54) is 18.5 Å². The van der Waals surface area contributed by atoms with Crippen molar-refractivity contribution >= 4 is 40.7 Å². The third-order valence-electron chi connectivity index (χ3n) is 6.37. The summed E-state index contributed by atoms with van der Waals surface area (Å²) in [5.74, 6) is 0.417. The lowest BCUT2D eigenvalue weighted by Crippen LogP contribution is -2.24. The van der Waals surface area contributed by atoms with E-state index < -0.39 is 17.8 Å². The van der Waals surface area contributed by atoms with Gasteiger partial charge in [0, 0.05) is 28.9 Å². The van der Waals surface area contributed by atoms with Gasteiger partial charge in [0.1, 0.15) is 18.0 Å². The highest BCUT2D eigenvalue weighted by Crippen LogP contribution is 2.31. The van der Waals surface area contributed by atoms with Gasteiger partial charge < -0.3 is 21.3 Å². The van der Waals surface area contributed by atoms with Gasteiger partial charge >= 0.3 is 12.2 Å². The summed E-state index contributed by atoms with van der Waals surface area (Å²) in [5, 5.41) is 20.0. The van der Waals surface area contributed by atoms with Crippen LogP contribution in [0.5, 0.6) is 0 Å². The number of halogens is 3. The number of anilines is 4. The number of carbonyl (C=O) groups is 2. The number of hydrogen-bond donors (Lipinski definition) is 5. The first-order chi connectivity index (χ1) is 19.0. The van der Waals surface area contributed by atoms with Crippen LogP contribution in [-0.4, -0.2) is 33.7 Å². The lowest BCUT2D eigenvalue weighted by Gasteiger charge is -2.18. The van der Waals surface area contributed by atoms with Crippen molar-refractivity contribution in [3.05, 3.63) is 71.5 Å². The molecule has 3 amide bonds. The van der Waals surface area contributed by atoms with Crippen LogP contribution < -0.4 is 21.3 Å². The molecule has 1 heterocycles. The Kier molecular flexibility index (Phi) is 8.66. The largest absolute Gasteiger partial charge is 0.416 e. The van der Waals surface area contributed by atoms with E-state index >= 15 is 0 Å². The van der Waals surface area contributed by atoms with Crippen molar-refractivity contribution in [3.8, 4) is 0 Å². The zero-order valence-corrected chi connectivity index (χ0v) is 22.0. The molecule has 1 fully saturated rings. The number of nitrogens with one attached hydrogen (secondary N) is 5. The summed E-state index contributed by atoms with van der Waals surface area (Å²) in [7, 11) is 0. The second-order valence-corrected chi connectivity index (χ2v) is 9.83. The van der Waals surface area contributed by atoms with Crippen molar-refractivity contribution in [2.75, 3.05) is 21.3 Å². The Morgan fingerprint density at radius 1 is 0.925 bits per heavy atom. The standard InChI is InChI=1S/C28H30F3N7O2/c1-16(2)35-24-22(25(34-15-33-24)38-26(39)18-6-3-4-7-18)23(32)17-10-12-20(13-11-17)36-27(40)37-21-9-5-8-19(14-21)28(29,30)31/h5,8-16,18,32H,3-4,6-7H2,1-2H3,(H2,36,37,40)(H2,33,34,35,38,39). The Morgan fingerprint density at radius 2 is 1.57 bits per heavy atom. The molecular formula is C28H30F3N7O2. The fourth-order valence-corrected chi connectivity index (χ4v) is 4.44. The van der Waals surface area contributed by atoms with Crippen molar-refractivity contribution in [2.45, 2.75) is 51.7 Å². The number of nitrogens with zero attached hydrogens (tertiary/aromatic N) is 2. The molecule has 0 atom stereocenters. The monoisotopic (exact) mass is 553 g/mol. The molecule has 1 aromatic heterocycles. The van der Waals surface area contributed by atoms with Crippen LogP contribution in [0, 0.1) is 11.3 Å². The Bertz CT molecular complexity index is 1390. The summed E-state index contributed by atoms with van der Waals surface area (Å²) in [5.41, 5.74) is 0.355. The third kappa shape index (κ3) is 7.13. The second kappa shape index (κ2) is 12.1. The van der Waals surface area contributed by atoms with Crippen LogP contribution >= 0.6 is 0 Å². The van der Waals surface area contributed by atoms with Crippen molar-refractivity contribution in [1.29, 1.82) is 5.41 Å². The number of amides is 3. The van der Waals surface area contributed by atoms with E-state index in [2.05, 4.69) is 31.2 Å². The number of rotatable bonds is 8. The van der Waals surface area contributed by atoms with Gasteiger partial charge in [-0.15, -0.1) is 0 Å². The van der Waals surface area contributed by atoms with Crippen molar-refractivity contribution < 1.29 is 22.8 Å². The van der Waals surface area contributed by atoms with E-state index in [1.807, 2.05) is 13.8 Å². The molecule has 0 unspecified atom stereocenters. The predicted octanol–water partition coefficient (Wildman–Crippen LogP) is 6.50. The van der Waals surface area contributed by atoms with E-state index in [0.717, 1.165) is 37.8 Å². The molecule has 0 aliphatic heterocycles. The van der Waals surface area contributed by atoms with Crippen LogP contribution in [0.2, 0.25) is 0 Å². The fraction of sp³-hybridized carbons (Fsp3) is 0.321. The maximum Gasteiger partial charge on any atom is 0.416 e. The summed E-state index contributed by atoms with van der Waals surface area (Å²) in [6, 6.07) is 9.94. The molecule has 0 saturated heterocycles. The van der Waals surface area contributed by atoms with Crippen molar-refractivity contribution in [2.24, 2.45) is 5.92 Å². The normalized spacial score (nSPS) is 13.7. The molecule has 3 aromatic rings. The average molecular weight is 554 g/mol. The summed E-state index contributed by atoms with van der Waals surface area (Å²) in [4.78, 5) is 33.8. The molecule has 2 aromatic carbocycles. The molecule has 12 heteroatoms. The van der Waals surface area contributed by atoms with Gasteiger partial charge in [-0.05, 0) is 57.0 Å². The Morgan fingerprint density at radius 3 is 2.23 bits per heavy atom. The van der Waals surface area contributed by atoms with Gasteiger partial charge in [-0.2, -0.15) is 13.2 Å². The molecule has 210 valence electrons. The molecule has 5 N–H and O–H groups in total. The number of aromatic nitrogens is 2. The number of benzene rings is 2. The smallest absolute Gasteiger partial charge is 0.367 e. The summed E-state index contributed by atoms with van der Waals surface area (Å²) in [6.07, 6.45) is 0.447. The second-order valence-electron chi connectivity index (χ2n) is 9.83. The van der Waals surface area contributed by atoms with Crippen LogP contribution in [0.1, 0.15) is 56.2 Å². The topological polar surface area (TPSA) is 132 Å². The molecule has 1 saturated carbocycles. The quantitative estimate of drug-likeness (QED) is 0.203. The van der Waals surface area contributed by atoms with E-state index in [-0.39, 0.29) is 35.1 Å². The summed E-state index contributed by atoms with van der Waals surface area (Å²) < 4.78 is 38.8. The number of carbonyl (C=O) groups excluding carboxylic acids is 2. The number of alkyl halides is 3. The van der Waals surface area contributed by atoms with Gasteiger partial charge in [-0.1, -0.05) is 31.0 Å². The van der Waals surface area contributed by atoms with Crippen molar-refractivity contribution in [1.82, 2.24) is 9.97 Å². The minimum absolute atomic E-state index is 0.00162. The zero-order chi connectivity index (χ0) is 28.9. The predicted molar refractivity (Wildman–Crippen MR) is 148 cm³/mol. The zero-order valence-electron chi connectivity index (χ0n) is 22.0. The Labute approximate surface area is 229 Å². The van der Waals surface area contributed by atoms with Crippen LogP contribution in [0.3, 0.4) is 0 Å². The van der Waals surface area contributed by atoms with Gasteiger partial charge in [0.2, 0.25) is 5.91 Å². The van der Waals surface area contributed by atoms with Gasteiger partial charge in [0.15, 0.2) is 0 Å². The van der Waals surface area contributed by atoms with Crippen molar-refractivity contribution in [3.63, 3.8) is 0 Å². The lowest BCUT2D eigenvalue weighted by molar-refractivity contribution is -0.137. The first-order valence-electron chi connectivity index (χ1n) is 12.9. The molecule has 0 radical (unpaired) electrons. The molecular weight excluding hydrogens is 523 g/mol. The van der Waals surface area contributed by atoms with Gasteiger partial charge in [-0.3, -0.25) is 10.2 Å². The molecule has 1 aliphatic rings. The molecule has 1 aliphatic carbocycles. The minimum Gasteiger partial charge on any atom is -0.367 e. The first kappa shape index (κ1) is 28.5. The third-order valence-corrected chi connectivity index (χ3v) is 6.37. The molecule has 40 heavy (non-hydrogen) atoms. The summed E-state index contributed by atoms with van der Waals surface area (Å²) >= 11 is 0. The SMILES string of the molecule is CC(C)Nc1ncnc(NC(=O)C2CCCC2)c1C(=N)c1ccc(NC(=O)Nc2cccc(C(F)(F)F)c2)cc1. The van der Waals surface area contributed by atoms with E-state index in [4.69, 9.17) is 5.41 Å². The maximum absolute atomic E-state index is 12.9. The maximum atomic E-state index is 12.9. The molecule has 9 nitrogen and oxygen atoms in total. The molecule has 4 rings (SSSR count). The van der Waals surface area contributed by atoms with Gasteiger partial charge in [-0.25, -0.2) is 14.8 Å². The van der Waals surface area contributed by atoms with Gasteiger partial charge in [0.25, 0.3) is 0 Å². The van der Waals surface area contributed by atoms with Crippen LogP contribution in [-0.2, 0) is 11.0 Å². The highest BCUT2D eigenvalue weighted by molar-refractivity contribution is 6.17. The molecule has 0 spiro atoms. The van der Waals surface area contributed by atoms with Gasteiger partial charge in [0.05, 0.1) is 16.8 Å². The minimum atomic E-state index is -4.53. The fourth-order valence-electron chi connectivity index (χ4n) is 4.44. The first-order valence-corrected chi connectivity index (χ1v) is 12.9. The number of hydrogen-bond acceptors (Lipinski definition) is 6.